The van der Waals surface area contributed by atoms with E-state index in [1.807, 2.05) is 47.5 Å². The summed E-state index contributed by atoms with van der Waals surface area (Å²) in [6, 6.07) is 15.5. The van der Waals surface area contributed by atoms with Gasteiger partial charge in [0, 0.05) is 28.4 Å². The number of imidazole rings is 2. The van der Waals surface area contributed by atoms with Gasteiger partial charge in [-0.2, -0.15) is 0 Å². The van der Waals surface area contributed by atoms with Crippen LogP contribution >= 0.6 is 22.6 Å². The number of benzene rings is 2. The Balaban J connectivity index is 0.000000157. The highest BCUT2D eigenvalue weighted by Crippen LogP contribution is 2.41. The topological polar surface area (TPSA) is 114 Å². The number of nitrogens with zero attached hydrogens (tertiary/aromatic N) is 6. The van der Waals surface area contributed by atoms with Crippen molar-refractivity contribution in [2.75, 3.05) is 14.2 Å². The standard InChI is InChI=1S/C18H17N3O2.C15H12IN3O2/c1-21-10-19-9-17(21)16-8-14(18(22)23-2)13-6-5-12(11-3-4-11)7-15(13)20-16;1-19-8-17-7-14(19)13-6-11(15(20)21-2)10-4-3-9(16)5-12(10)18-13/h5-11H,3-4H2,1-2H3;3-8H,1-2H3. The Bertz CT molecular complexity index is 2050. The van der Waals surface area contributed by atoms with Crippen LogP contribution in [-0.4, -0.2) is 55.2 Å². The highest BCUT2D eigenvalue weighted by molar-refractivity contribution is 14.1. The van der Waals surface area contributed by atoms with Gasteiger partial charge in [0.2, 0.25) is 0 Å². The van der Waals surface area contributed by atoms with Crippen molar-refractivity contribution in [2.45, 2.75) is 18.8 Å². The van der Waals surface area contributed by atoms with Gasteiger partial charge in [-0.3, -0.25) is 0 Å². The Hall–Kier alpha value is -4.65. The molecule has 10 nitrogen and oxygen atoms in total. The van der Waals surface area contributed by atoms with E-state index < -0.39 is 0 Å². The molecular weight excluding hydrogens is 671 g/mol. The first kappa shape index (κ1) is 29.4. The first-order chi connectivity index (χ1) is 21.3. The molecule has 4 heterocycles. The molecule has 0 unspecified atom stereocenters. The molecular formula is C33H29IN6O4. The number of hydrogen-bond acceptors (Lipinski definition) is 8. The molecule has 0 N–H and O–H groups in total. The largest absolute Gasteiger partial charge is 0.465 e. The van der Waals surface area contributed by atoms with Crippen LogP contribution in [0.15, 0.2) is 73.6 Å². The molecule has 44 heavy (non-hydrogen) atoms. The van der Waals surface area contributed by atoms with Gasteiger partial charge in [-0.1, -0.05) is 18.2 Å². The number of esters is 2. The number of aryl methyl sites for hydroxylation is 2. The van der Waals surface area contributed by atoms with E-state index in [0.717, 1.165) is 42.5 Å². The molecule has 6 aromatic rings. The van der Waals surface area contributed by atoms with Gasteiger partial charge in [-0.25, -0.2) is 29.5 Å². The SMILES string of the molecule is COC(=O)c1cc(-c2cncn2C)nc2cc(C3CC3)ccc12.COC(=O)c1cc(-c2cncn2C)nc2cc(I)ccc12. The molecule has 2 aromatic carbocycles. The highest BCUT2D eigenvalue weighted by atomic mass is 127. The lowest BCUT2D eigenvalue weighted by Gasteiger charge is -2.10. The fraction of sp³-hybridized carbons (Fsp3) is 0.212. The Morgan fingerprint density at radius 2 is 1.25 bits per heavy atom. The number of ether oxygens (including phenoxy) is 2. The minimum atomic E-state index is -0.368. The summed E-state index contributed by atoms with van der Waals surface area (Å²) >= 11 is 2.22. The maximum atomic E-state index is 12.2. The van der Waals surface area contributed by atoms with Crippen molar-refractivity contribution in [1.82, 2.24) is 29.1 Å². The van der Waals surface area contributed by atoms with E-state index >= 15 is 0 Å². The van der Waals surface area contributed by atoms with Crippen molar-refractivity contribution >= 4 is 56.3 Å². The van der Waals surface area contributed by atoms with Crippen LogP contribution in [0.1, 0.15) is 45.0 Å². The summed E-state index contributed by atoms with van der Waals surface area (Å²) < 4.78 is 14.6. The lowest BCUT2D eigenvalue weighted by molar-refractivity contribution is 0.0594. The van der Waals surface area contributed by atoms with Crippen LogP contribution in [0, 0.1) is 3.57 Å². The number of rotatable bonds is 5. The molecule has 0 spiro atoms. The van der Waals surface area contributed by atoms with Gasteiger partial charge in [0.1, 0.15) is 0 Å². The maximum absolute atomic E-state index is 12.2. The Kier molecular flexibility index (Phi) is 8.13. The summed E-state index contributed by atoms with van der Waals surface area (Å²) in [5, 5.41) is 1.61. The number of halogens is 1. The third-order valence-corrected chi connectivity index (χ3v) is 8.29. The molecule has 0 radical (unpaired) electrons. The first-order valence-corrected chi connectivity index (χ1v) is 15.0. The van der Waals surface area contributed by atoms with Crippen LogP contribution in [-0.2, 0) is 23.6 Å². The van der Waals surface area contributed by atoms with E-state index in [1.54, 1.807) is 37.2 Å². The van der Waals surface area contributed by atoms with Crippen LogP contribution in [0.25, 0.3) is 44.6 Å². The normalized spacial score (nSPS) is 12.6. The van der Waals surface area contributed by atoms with Crippen molar-refractivity contribution in [3.05, 3.63) is 93.8 Å². The second kappa shape index (κ2) is 12.2. The average Bonchev–Trinajstić information content (AvgIpc) is 3.66. The number of fused-ring (bicyclic) bond motifs is 2. The summed E-state index contributed by atoms with van der Waals surface area (Å²) in [6.45, 7) is 0. The number of carbonyl (C=O) groups is 2. The number of hydrogen-bond donors (Lipinski definition) is 0. The Morgan fingerprint density at radius 1 is 0.750 bits per heavy atom. The van der Waals surface area contributed by atoms with Crippen molar-refractivity contribution in [3.63, 3.8) is 0 Å². The van der Waals surface area contributed by atoms with E-state index in [9.17, 15) is 9.59 Å². The zero-order valence-electron chi connectivity index (χ0n) is 24.6. The lowest BCUT2D eigenvalue weighted by atomic mass is 10.0. The molecule has 4 aromatic heterocycles. The molecule has 11 heteroatoms. The maximum Gasteiger partial charge on any atom is 0.338 e. The van der Waals surface area contributed by atoms with Crippen LogP contribution < -0.4 is 0 Å². The quantitative estimate of drug-likeness (QED) is 0.152. The minimum absolute atomic E-state index is 0.347. The molecule has 1 aliphatic rings. The fourth-order valence-electron chi connectivity index (χ4n) is 5.15. The summed E-state index contributed by atoms with van der Waals surface area (Å²) in [4.78, 5) is 41.9. The van der Waals surface area contributed by atoms with E-state index in [1.165, 1.54) is 32.6 Å². The summed E-state index contributed by atoms with van der Waals surface area (Å²) in [5.41, 5.74) is 7.08. The molecule has 0 atom stereocenters. The molecule has 7 rings (SSSR count). The van der Waals surface area contributed by atoms with Crippen molar-refractivity contribution in [3.8, 4) is 22.8 Å². The third kappa shape index (κ3) is 5.79. The van der Waals surface area contributed by atoms with Crippen LogP contribution in [0.5, 0.6) is 0 Å². The van der Waals surface area contributed by atoms with Gasteiger partial charge < -0.3 is 18.6 Å². The van der Waals surface area contributed by atoms with Crippen molar-refractivity contribution in [2.24, 2.45) is 14.1 Å². The lowest BCUT2D eigenvalue weighted by Crippen LogP contribution is -2.05. The van der Waals surface area contributed by atoms with E-state index in [2.05, 4.69) is 49.7 Å². The van der Waals surface area contributed by atoms with Gasteiger partial charge in [0.25, 0.3) is 0 Å². The van der Waals surface area contributed by atoms with Crippen LogP contribution in [0.2, 0.25) is 0 Å². The third-order valence-electron chi connectivity index (χ3n) is 7.62. The van der Waals surface area contributed by atoms with E-state index in [-0.39, 0.29) is 11.9 Å². The number of aromatic nitrogens is 6. The summed E-state index contributed by atoms with van der Waals surface area (Å²) in [5.74, 6) is -0.0739. The predicted octanol–water partition coefficient (Wildman–Crippen LogP) is 6.33. The van der Waals surface area contributed by atoms with E-state index in [4.69, 9.17) is 14.5 Å². The summed E-state index contributed by atoms with van der Waals surface area (Å²) in [6.07, 6.45) is 9.37. The molecule has 1 saturated carbocycles. The van der Waals surface area contributed by atoms with Gasteiger partial charge in [0.05, 0.1) is 84.2 Å². The van der Waals surface area contributed by atoms with Crippen LogP contribution in [0.4, 0.5) is 0 Å². The average molecular weight is 701 g/mol. The number of pyridine rings is 2. The van der Waals surface area contributed by atoms with Crippen molar-refractivity contribution < 1.29 is 19.1 Å². The molecule has 0 bridgehead atoms. The molecule has 0 aliphatic heterocycles. The van der Waals surface area contributed by atoms with Gasteiger partial charge in [-0.05, 0) is 77.2 Å². The smallest absolute Gasteiger partial charge is 0.338 e. The molecule has 0 saturated heterocycles. The monoisotopic (exact) mass is 700 g/mol. The molecule has 222 valence electrons. The van der Waals surface area contributed by atoms with Crippen molar-refractivity contribution in [1.29, 1.82) is 0 Å². The highest BCUT2D eigenvalue weighted by Gasteiger charge is 2.25. The first-order valence-electron chi connectivity index (χ1n) is 13.9. The van der Waals surface area contributed by atoms with Crippen LogP contribution in [0.3, 0.4) is 0 Å². The van der Waals surface area contributed by atoms with Gasteiger partial charge in [0.15, 0.2) is 0 Å². The minimum Gasteiger partial charge on any atom is -0.465 e. The van der Waals surface area contributed by atoms with E-state index in [0.29, 0.717) is 22.7 Å². The second-order valence-electron chi connectivity index (χ2n) is 10.6. The fourth-order valence-corrected chi connectivity index (χ4v) is 5.62. The predicted molar refractivity (Wildman–Crippen MR) is 175 cm³/mol. The second-order valence-corrected chi connectivity index (χ2v) is 11.8. The zero-order valence-corrected chi connectivity index (χ0v) is 26.8. The number of carbonyl (C=O) groups excluding carboxylic acids is 2. The number of methoxy groups -OCH3 is 2. The molecule has 1 aliphatic carbocycles. The zero-order chi connectivity index (χ0) is 31.0. The van der Waals surface area contributed by atoms with Gasteiger partial charge >= 0.3 is 11.9 Å². The molecule has 0 amide bonds. The Morgan fingerprint density at radius 3 is 1.70 bits per heavy atom. The summed E-state index contributed by atoms with van der Waals surface area (Å²) in [7, 11) is 6.58. The van der Waals surface area contributed by atoms with Gasteiger partial charge in [-0.15, -0.1) is 0 Å². The molecule has 1 fully saturated rings. The Labute approximate surface area is 267 Å².